The largest absolute Gasteiger partial charge is 0.482 e. The van der Waals surface area contributed by atoms with Crippen LogP contribution in [0.3, 0.4) is 0 Å². The van der Waals surface area contributed by atoms with E-state index in [4.69, 9.17) is 0 Å². The maximum Gasteiger partial charge on any atom is 0.169 e. The first kappa shape index (κ1) is 5.43. The first-order valence-corrected chi connectivity index (χ1v) is 1.60. The summed E-state index contributed by atoms with van der Waals surface area (Å²) in [5.41, 5.74) is 0. The molecule has 0 aromatic rings. The van der Waals surface area contributed by atoms with Crippen LogP contribution in [0.15, 0.2) is 4.99 Å². The zero-order valence-electron chi connectivity index (χ0n) is 3.26. The van der Waals surface area contributed by atoms with E-state index in [2.05, 4.69) is 9.73 Å². The van der Waals surface area contributed by atoms with Crippen LogP contribution in [0.4, 0.5) is 0 Å². The van der Waals surface area contributed by atoms with E-state index in [1.807, 2.05) is 0 Å². The quantitative estimate of drug-likeness (QED) is 0.408. The van der Waals surface area contributed by atoms with Gasteiger partial charge in [0.25, 0.3) is 0 Å². The minimum Gasteiger partial charge on any atom is -0.482 e. The Balaban J connectivity index is 0.000000250. The van der Waals surface area contributed by atoms with Crippen molar-refractivity contribution >= 4 is 6.40 Å². The zero-order valence-corrected chi connectivity index (χ0v) is 3.26. The van der Waals surface area contributed by atoms with Crippen molar-refractivity contribution in [2.45, 2.75) is 0 Å². The maximum atomic E-state index is 4.65. The molecule has 0 N–H and O–H groups in total. The minimum atomic E-state index is 0. The van der Waals surface area contributed by atoms with Crippen molar-refractivity contribution in [3.05, 3.63) is 0 Å². The molecule has 1 heterocycles. The molecule has 1 rings (SSSR count). The summed E-state index contributed by atoms with van der Waals surface area (Å²) in [6.07, 6.45) is 1.49. The highest BCUT2D eigenvalue weighted by Gasteiger charge is 1.84. The molecule has 0 aliphatic carbocycles. The van der Waals surface area contributed by atoms with Gasteiger partial charge >= 0.3 is 0 Å². The van der Waals surface area contributed by atoms with Crippen molar-refractivity contribution in [2.24, 2.45) is 4.99 Å². The summed E-state index contributed by atoms with van der Waals surface area (Å²) < 4.78 is 4.65. The van der Waals surface area contributed by atoms with Crippen molar-refractivity contribution in [2.75, 3.05) is 13.2 Å². The van der Waals surface area contributed by atoms with Crippen LogP contribution >= 0.6 is 0 Å². The number of nitrogens with zero attached hydrogens (tertiary/aromatic N) is 1. The Labute approximate surface area is 36.0 Å². The van der Waals surface area contributed by atoms with Crippen LogP contribution in [-0.2, 0) is 10.2 Å². The molecule has 0 saturated heterocycles. The summed E-state index contributed by atoms with van der Waals surface area (Å²) in [5.74, 6) is 0. The number of ether oxygens (including phenoxy) is 1. The molecule has 0 saturated carbocycles. The lowest BCUT2D eigenvalue weighted by Gasteiger charge is -1.76. The average molecular weight is 87.1 g/mol. The molecule has 2 radical (unpaired) electrons. The Kier molecular flexibility index (Phi) is 2.40. The first-order chi connectivity index (χ1) is 2.50. The van der Waals surface area contributed by atoms with Gasteiger partial charge < -0.3 is 4.74 Å². The van der Waals surface area contributed by atoms with Crippen LogP contribution in [0, 0.1) is 0 Å². The monoisotopic (exact) mass is 87.0 g/mol. The number of hydrogen-bond acceptors (Lipinski definition) is 2. The molecule has 3 nitrogen and oxygen atoms in total. The van der Waals surface area contributed by atoms with E-state index in [0.29, 0.717) is 0 Å². The van der Waals surface area contributed by atoms with Crippen LogP contribution in [0.2, 0.25) is 0 Å². The van der Waals surface area contributed by atoms with Crippen LogP contribution in [0.5, 0.6) is 0 Å². The Bertz CT molecular complexity index is 46.8. The van der Waals surface area contributed by atoms with E-state index < -0.39 is 0 Å². The molecule has 0 aromatic carbocycles. The second kappa shape index (κ2) is 2.66. The van der Waals surface area contributed by atoms with Crippen molar-refractivity contribution in [3.8, 4) is 0 Å². The second-order valence-corrected chi connectivity index (χ2v) is 0.882. The van der Waals surface area contributed by atoms with Gasteiger partial charge in [0.2, 0.25) is 0 Å². The SMILES string of the molecule is C1=NCCO1.[O]. The molecule has 0 bridgehead atoms. The number of rotatable bonds is 0. The second-order valence-electron chi connectivity index (χ2n) is 0.882. The fourth-order valence-electron chi connectivity index (χ4n) is 0.264. The van der Waals surface area contributed by atoms with Gasteiger partial charge in [-0.1, -0.05) is 0 Å². The third-order valence-corrected chi connectivity index (χ3v) is 0.487. The maximum absolute atomic E-state index is 4.65. The highest BCUT2D eigenvalue weighted by atomic mass is 16.5. The molecule has 6 heavy (non-hydrogen) atoms. The fourth-order valence-corrected chi connectivity index (χ4v) is 0.264. The molecule has 1 aliphatic heterocycles. The molecular weight excluding hydrogens is 82.0 g/mol. The van der Waals surface area contributed by atoms with Gasteiger partial charge in [-0.05, 0) is 0 Å². The molecule has 0 amide bonds. The van der Waals surface area contributed by atoms with E-state index >= 15 is 0 Å². The molecule has 3 heteroatoms. The normalized spacial score (nSPS) is 16.0. The van der Waals surface area contributed by atoms with E-state index in [0.717, 1.165) is 13.2 Å². The van der Waals surface area contributed by atoms with Crippen molar-refractivity contribution in [1.82, 2.24) is 0 Å². The standard InChI is InChI=1S/C3H5NO.O/c1-2-5-3-4-1;/h3H,1-2H2;. The molecule has 0 spiro atoms. The third kappa shape index (κ3) is 1.03. The van der Waals surface area contributed by atoms with Crippen molar-refractivity contribution < 1.29 is 10.2 Å². The summed E-state index contributed by atoms with van der Waals surface area (Å²) in [5, 5.41) is 0. The minimum absolute atomic E-state index is 0. The third-order valence-electron chi connectivity index (χ3n) is 0.487. The Hall–Kier alpha value is -0.570. The Morgan fingerprint density at radius 2 is 2.50 bits per heavy atom. The lowest BCUT2D eigenvalue weighted by atomic mass is 10.8. The van der Waals surface area contributed by atoms with E-state index in [1.54, 1.807) is 0 Å². The number of hydrogen-bond donors (Lipinski definition) is 0. The Morgan fingerprint density at radius 1 is 1.67 bits per heavy atom. The van der Waals surface area contributed by atoms with Gasteiger partial charge in [0.05, 0.1) is 6.54 Å². The van der Waals surface area contributed by atoms with Crippen molar-refractivity contribution in [3.63, 3.8) is 0 Å². The average Bonchev–Trinajstić information content (AvgIpc) is 1.76. The van der Waals surface area contributed by atoms with Gasteiger partial charge in [-0.3, -0.25) is 4.99 Å². The summed E-state index contributed by atoms with van der Waals surface area (Å²) in [6.45, 7) is 1.62. The summed E-state index contributed by atoms with van der Waals surface area (Å²) in [7, 11) is 0. The van der Waals surface area contributed by atoms with Crippen LogP contribution < -0.4 is 0 Å². The van der Waals surface area contributed by atoms with Crippen LogP contribution in [0.1, 0.15) is 0 Å². The summed E-state index contributed by atoms with van der Waals surface area (Å²) >= 11 is 0. The Morgan fingerprint density at radius 3 is 2.67 bits per heavy atom. The zero-order chi connectivity index (χ0) is 3.54. The summed E-state index contributed by atoms with van der Waals surface area (Å²) in [4.78, 5) is 3.74. The molecule has 0 unspecified atom stereocenters. The van der Waals surface area contributed by atoms with Gasteiger partial charge in [0, 0.05) is 5.48 Å². The van der Waals surface area contributed by atoms with Crippen molar-refractivity contribution in [1.29, 1.82) is 0 Å². The molecule has 34 valence electrons. The highest BCUT2D eigenvalue weighted by molar-refractivity contribution is 5.47. The van der Waals surface area contributed by atoms with Gasteiger partial charge in [-0.25, -0.2) is 0 Å². The lowest BCUT2D eigenvalue weighted by molar-refractivity contribution is 0.361. The fraction of sp³-hybridized carbons (Fsp3) is 0.667. The predicted molar refractivity (Wildman–Crippen MR) is 20.0 cm³/mol. The van der Waals surface area contributed by atoms with E-state index in [1.165, 1.54) is 6.40 Å². The molecule has 1 aliphatic rings. The molecular formula is C3H5NO2. The predicted octanol–water partition coefficient (Wildman–Crippen LogP) is -0.0739. The van der Waals surface area contributed by atoms with Gasteiger partial charge in [-0.2, -0.15) is 0 Å². The molecule has 0 atom stereocenters. The smallest absolute Gasteiger partial charge is 0.169 e. The first-order valence-electron chi connectivity index (χ1n) is 1.60. The van der Waals surface area contributed by atoms with E-state index in [9.17, 15) is 0 Å². The molecule has 0 fully saturated rings. The lowest BCUT2D eigenvalue weighted by Crippen LogP contribution is -1.80. The van der Waals surface area contributed by atoms with Gasteiger partial charge in [-0.15, -0.1) is 0 Å². The van der Waals surface area contributed by atoms with E-state index in [-0.39, 0.29) is 5.48 Å². The topological polar surface area (TPSA) is 50.1 Å². The number of aliphatic imine (C=N–C) groups is 1. The summed E-state index contributed by atoms with van der Waals surface area (Å²) in [6, 6.07) is 0. The van der Waals surface area contributed by atoms with Gasteiger partial charge in [0.1, 0.15) is 6.61 Å². The van der Waals surface area contributed by atoms with Crippen LogP contribution in [-0.4, -0.2) is 19.6 Å². The molecule has 0 aromatic heterocycles. The van der Waals surface area contributed by atoms with Crippen LogP contribution in [0.25, 0.3) is 0 Å². The highest BCUT2D eigenvalue weighted by Crippen LogP contribution is 1.78. The van der Waals surface area contributed by atoms with Gasteiger partial charge in [0.15, 0.2) is 6.40 Å².